The van der Waals surface area contributed by atoms with Gasteiger partial charge >= 0.3 is 6.03 Å². The molecule has 1 aliphatic heterocycles. The Morgan fingerprint density at radius 1 is 1.12 bits per heavy atom. The number of nitrogens with one attached hydrogen (secondary N) is 2. The summed E-state index contributed by atoms with van der Waals surface area (Å²) in [6.45, 7) is 0.916. The summed E-state index contributed by atoms with van der Waals surface area (Å²) in [7, 11) is 0. The lowest BCUT2D eigenvalue weighted by Crippen LogP contribution is -2.20. The molecule has 0 spiro atoms. The number of amides is 2. The van der Waals surface area contributed by atoms with Crippen LogP contribution >= 0.6 is 11.8 Å². The average molecular weight is 372 g/mol. The fraction of sp³-hybridized carbons (Fsp3) is 0.111. The topological polar surface area (TPSA) is 59.0 Å². The molecule has 0 aliphatic carbocycles. The van der Waals surface area contributed by atoms with Gasteiger partial charge in [-0.25, -0.2) is 18.6 Å². The highest BCUT2D eigenvalue weighted by Gasteiger charge is 2.17. The van der Waals surface area contributed by atoms with Gasteiger partial charge in [0.25, 0.3) is 0 Å². The molecule has 0 saturated heterocycles. The van der Waals surface area contributed by atoms with Crippen LogP contribution in [-0.2, 0) is 6.54 Å². The highest BCUT2D eigenvalue weighted by atomic mass is 32.2. The van der Waals surface area contributed by atoms with Crippen LogP contribution in [0.5, 0.6) is 0 Å². The Hall–Kier alpha value is -2.87. The van der Waals surface area contributed by atoms with E-state index in [1.54, 1.807) is 23.9 Å². The first-order chi connectivity index (χ1) is 12.6. The first-order valence-corrected chi connectivity index (χ1v) is 8.91. The molecule has 132 valence electrons. The van der Waals surface area contributed by atoms with Gasteiger partial charge in [-0.05, 0) is 18.2 Å². The molecular formula is C18H14F2N4OS. The molecule has 0 saturated carbocycles. The van der Waals surface area contributed by atoms with Crippen molar-refractivity contribution < 1.29 is 13.6 Å². The Kier molecular flexibility index (Phi) is 4.34. The number of aryl methyl sites for hydroxylation is 1. The molecule has 4 rings (SSSR count). The lowest BCUT2D eigenvalue weighted by atomic mass is 10.1. The highest BCUT2D eigenvalue weighted by Crippen LogP contribution is 2.32. The minimum absolute atomic E-state index is 0.163. The summed E-state index contributed by atoms with van der Waals surface area (Å²) in [5.41, 5.74) is 2.30. The second kappa shape index (κ2) is 6.80. The maximum atomic E-state index is 13.3. The van der Waals surface area contributed by atoms with Gasteiger partial charge in [0.2, 0.25) is 0 Å². The van der Waals surface area contributed by atoms with Gasteiger partial charge in [0, 0.05) is 35.8 Å². The number of imidazole rings is 1. The maximum Gasteiger partial charge on any atom is 0.323 e. The predicted molar refractivity (Wildman–Crippen MR) is 97.4 cm³/mol. The monoisotopic (exact) mass is 372 g/mol. The highest BCUT2D eigenvalue weighted by molar-refractivity contribution is 7.99. The quantitative estimate of drug-likeness (QED) is 0.708. The molecule has 2 amide bonds. The third-order valence-corrected chi connectivity index (χ3v) is 4.90. The van der Waals surface area contributed by atoms with Crippen molar-refractivity contribution in [2.45, 2.75) is 11.7 Å². The van der Waals surface area contributed by atoms with Crippen LogP contribution in [0.15, 0.2) is 53.8 Å². The Bertz CT molecular complexity index is 968. The van der Waals surface area contributed by atoms with Gasteiger partial charge in [-0.15, -0.1) is 0 Å². The molecule has 2 N–H and O–H groups in total. The molecule has 0 atom stereocenters. The third-order valence-electron chi connectivity index (χ3n) is 3.93. The van der Waals surface area contributed by atoms with Crippen LogP contribution in [0.25, 0.3) is 11.3 Å². The number of aromatic nitrogens is 2. The summed E-state index contributed by atoms with van der Waals surface area (Å²) in [6, 6.07) is 9.93. The summed E-state index contributed by atoms with van der Waals surface area (Å²) in [5.74, 6) is -0.973. The molecule has 0 fully saturated rings. The van der Waals surface area contributed by atoms with Crippen molar-refractivity contribution in [1.29, 1.82) is 0 Å². The van der Waals surface area contributed by atoms with Crippen molar-refractivity contribution in [1.82, 2.24) is 9.55 Å². The van der Waals surface area contributed by atoms with Gasteiger partial charge in [0.15, 0.2) is 16.8 Å². The lowest BCUT2D eigenvalue weighted by Gasteiger charge is -2.11. The van der Waals surface area contributed by atoms with Crippen LogP contribution in [0.2, 0.25) is 0 Å². The number of nitrogens with zero attached hydrogens (tertiary/aromatic N) is 2. The zero-order valence-electron chi connectivity index (χ0n) is 13.5. The minimum Gasteiger partial charge on any atom is -0.325 e. The van der Waals surface area contributed by atoms with Crippen LogP contribution < -0.4 is 10.6 Å². The third kappa shape index (κ3) is 3.28. The summed E-state index contributed by atoms with van der Waals surface area (Å²) in [6.07, 6.45) is 1.96. The smallest absolute Gasteiger partial charge is 0.323 e. The van der Waals surface area contributed by atoms with Gasteiger partial charge in [0.05, 0.1) is 11.4 Å². The van der Waals surface area contributed by atoms with E-state index in [0.717, 1.165) is 40.8 Å². The Morgan fingerprint density at radius 2 is 1.96 bits per heavy atom. The van der Waals surface area contributed by atoms with E-state index in [-0.39, 0.29) is 5.69 Å². The molecule has 5 nitrogen and oxygen atoms in total. The number of rotatable bonds is 3. The zero-order valence-corrected chi connectivity index (χ0v) is 14.3. The van der Waals surface area contributed by atoms with Gasteiger partial charge in [-0.2, -0.15) is 0 Å². The second-order valence-electron chi connectivity index (χ2n) is 5.70. The van der Waals surface area contributed by atoms with Crippen molar-refractivity contribution in [3.05, 3.63) is 60.3 Å². The van der Waals surface area contributed by atoms with Crippen LogP contribution in [0.3, 0.4) is 0 Å². The number of carbonyl (C=O) groups excluding carboxylic acids is 1. The molecule has 0 bridgehead atoms. The summed E-state index contributed by atoms with van der Waals surface area (Å²) in [4.78, 5) is 16.8. The van der Waals surface area contributed by atoms with E-state index < -0.39 is 17.7 Å². The van der Waals surface area contributed by atoms with Gasteiger partial charge in [-0.3, -0.25) is 0 Å². The zero-order chi connectivity index (χ0) is 18.1. The molecule has 2 heterocycles. The average Bonchev–Trinajstić information content (AvgIpc) is 3.20. The van der Waals surface area contributed by atoms with Crippen molar-refractivity contribution in [2.24, 2.45) is 0 Å². The Morgan fingerprint density at radius 3 is 2.77 bits per heavy atom. The van der Waals surface area contributed by atoms with E-state index in [0.29, 0.717) is 5.69 Å². The van der Waals surface area contributed by atoms with E-state index in [9.17, 15) is 13.6 Å². The number of para-hydroxylation sites is 1. The Balaban J connectivity index is 1.54. The van der Waals surface area contributed by atoms with Crippen LogP contribution in [-0.4, -0.2) is 21.3 Å². The number of urea groups is 1. The standard InChI is InChI=1S/C18H14F2N4OS/c19-13-6-5-11(9-14(13)20)21-17(25)22-15-4-2-1-3-12(15)16-10-24-7-8-26-18(24)23-16/h1-6,9-10H,7-8H2,(H2,21,22,25). The number of anilines is 2. The predicted octanol–water partition coefficient (Wildman–Crippen LogP) is 4.58. The molecule has 1 aliphatic rings. The van der Waals surface area contributed by atoms with Crippen molar-refractivity contribution in [2.75, 3.05) is 16.4 Å². The molecule has 0 unspecified atom stereocenters. The number of carbonyl (C=O) groups is 1. The van der Waals surface area contributed by atoms with Crippen LogP contribution in [0.1, 0.15) is 0 Å². The number of hydrogen-bond acceptors (Lipinski definition) is 3. The SMILES string of the molecule is O=C(Nc1ccc(F)c(F)c1)Nc1ccccc1-c1cn2c(n1)SCC2. The first kappa shape index (κ1) is 16.6. The number of hydrogen-bond donors (Lipinski definition) is 2. The molecule has 8 heteroatoms. The van der Waals surface area contributed by atoms with E-state index in [1.165, 1.54) is 6.07 Å². The van der Waals surface area contributed by atoms with E-state index in [4.69, 9.17) is 0 Å². The van der Waals surface area contributed by atoms with Gasteiger partial charge in [0.1, 0.15) is 0 Å². The first-order valence-electron chi connectivity index (χ1n) is 7.92. The normalized spacial score (nSPS) is 12.7. The number of halogens is 2. The summed E-state index contributed by atoms with van der Waals surface area (Å²) >= 11 is 1.69. The number of benzene rings is 2. The fourth-order valence-corrected chi connectivity index (χ4v) is 3.66. The second-order valence-corrected chi connectivity index (χ2v) is 6.77. The largest absolute Gasteiger partial charge is 0.325 e. The van der Waals surface area contributed by atoms with E-state index in [2.05, 4.69) is 20.2 Å². The molecule has 2 aromatic carbocycles. The van der Waals surface area contributed by atoms with Gasteiger partial charge in [-0.1, -0.05) is 30.0 Å². The number of fused-ring (bicyclic) bond motifs is 1. The number of thioether (sulfide) groups is 1. The van der Waals surface area contributed by atoms with Crippen molar-refractivity contribution in [3.63, 3.8) is 0 Å². The van der Waals surface area contributed by atoms with Crippen LogP contribution in [0.4, 0.5) is 25.0 Å². The van der Waals surface area contributed by atoms with Crippen molar-refractivity contribution in [3.8, 4) is 11.3 Å². The van der Waals surface area contributed by atoms with Crippen molar-refractivity contribution >= 4 is 29.2 Å². The Labute approximate surface area is 152 Å². The minimum atomic E-state index is -1.02. The van der Waals surface area contributed by atoms with E-state index >= 15 is 0 Å². The lowest BCUT2D eigenvalue weighted by molar-refractivity contribution is 0.262. The molecule has 3 aromatic rings. The maximum absolute atomic E-state index is 13.3. The van der Waals surface area contributed by atoms with Crippen LogP contribution in [0, 0.1) is 11.6 Å². The molecular weight excluding hydrogens is 358 g/mol. The molecule has 26 heavy (non-hydrogen) atoms. The molecule has 1 aromatic heterocycles. The van der Waals surface area contributed by atoms with E-state index in [1.807, 2.05) is 18.3 Å². The molecule has 0 radical (unpaired) electrons. The summed E-state index contributed by atoms with van der Waals surface area (Å²) < 4.78 is 28.3. The summed E-state index contributed by atoms with van der Waals surface area (Å²) in [5, 5.41) is 6.18. The fourth-order valence-electron chi connectivity index (χ4n) is 2.71. The van der Waals surface area contributed by atoms with Gasteiger partial charge < -0.3 is 15.2 Å².